The molecule has 0 unspecified atom stereocenters. The first kappa shape index (κ1) is 16.3. The molecule has 6 heavy (non-hydrogen) atoms. The molecule has 0 saturated carbocycles. The van der Waals surface area contributed by atoms with Crippen LogP contribution in [0.3, 0.4) is 0 Å². The molecule has 0 bridgehead atoms. The first-order valence-electron chi connectivity index (χ1n) is 0.548. The van der Waals surface area contributed by atoms with Crippen molar-refractivity contribution in [2.45, 2.75) is 0 Å². The normalized spacial score (nSPS) is 4.00. The van der Waals surface area contributed by atoms with Gasteiger partial charge >= 0.3 is 0 Å². The Hall–Kier alpha value is 0.239. The fourth-order valence-electron chi connectivity index (χ4n) is 0. The molecule has 0 heterocycles. The topological polar surface area (TPSA) is 66.2 Å². The van der Waals surface area contributed by atoms with E-state index in [2.05, 4.69) is 0 Å². The van der Waals surface area contributed by atoms with Crippen molar-refractivity contribution in [2.75, 3.05) is 0 Å². The average Bonchev–Trinajstić information content (AvgIpc) is 0.811. The smallest absolute Gasteiger partial charge is 0.0689 e. The Labute approximate surface area is 55.0 Å². The van der Waals surface area contributed by atoms with E-state index >= 15 is 0 Å². The van der Waals surface area contributed by atoms with Crippen LogP contribution in [0.1, 0.15) is 0 Å². The standard InChI is InChI=1S/Cu.Fe.NO3/c;;2-1(3)4/q;;-1. The molecular weight excluding hydrogens is 181 g/mol. The Bertz CT molecular complexity index is 33.8. The SMILES string of the molecule is O=[N+]([O-])[O-].[Cu].[Fe]. The molecule has 6 heteroatoms. The molecule has 0 amide bonds. The van der Waals surface area contributed by atoms with E-state index in [0.29, 0.717) is 0 Å². The van der Waals surface area contributed by atoms with E-state index in [0.717, 1.165) is 0 Å². The van der Waals surface area contributed by atoms with Crippen molar-refractivity contribution in [3.05, 3.63) is 15.3 Å². The van der Waals surface area contributed by atoms with Crippen molar-refractivity contribution in [3.63, 3.8) is 0 Å². The van der Waals surface area contributed by atoms with Crippen LogP contribution in [0, 0.1) is 15.3 Å². The van der Waals surface area contributed by atoms with Gasteiger partial charge in [-0.25, -0.2) is 0 Å². The first-order valence-corrected chi connectivity index (χ1v) is 0.548. The van der Waals surface area contributed by atoms with E-state index in [1.165, 1.54) is 0 Å². The van der Waals surface area contributed by atoms with E-state index in [1.807, 2.05) is 0 Å². The molecule has 0 aromatic rings. The molecule has 1 radical (unpaired) electrons. The van der Waals surface area contributed by atoms with Crippen LogP contribution in [0.4, 0.5) is 0 Å². The Morgan fingerprint density at radius 3 is 1.33 bits per heavy atom. The number of rotatable bonds is 0. The Morgan fingerprint density at radius 1 is 1.33 bits per heavy atom. The Kier molecular flexibility index (Phi) is 24.4. The van der Waals surface area contributed by atoms with Gasteiger partial charge in [-0.05, 0) is 0 Å². The van der Waals surface area contributed by atoms with Crippen LogP contribution in [-0.2, 0) is 34.1 Å². The fourth-order valence-corrected chi connectivity index (χ4v) is 0. The van der Waals surface area contributed by atoms with Gasteiger partial charge in [0.2, 0.25) is 0 Å². The number of nitrogens with zero attached hydrogens (tertiary/aromatic N) is 1. The van der Waals surface area contributed by atoms with E-state index in [9.17, 15) is 0 Å². The summed E-state index contributed by atoms with van der Waals surface area (Å²) in [6.07, 6.45) is 0. The van der Waals surface area contributed by atoms with Gasteiger partial charge in [0.05, 0.1) is 5.09 Å². The van der Waals surface area contributed by atoms with E-state index in [-0.39, 0.29) is 34.1 Å². The zero-order valence-electron chi connectivity index (χ0n) is 2.33. The zero-order valence-corrected chi connectivity index (χ0v) is 4.37. The molecule has 0 N–H and O–H groups in total. The fraction of sp³-hybridized carbons (Fsp3) is 0. The molecule has 0 saturated heterocycles. The van der Waals surface area contributed by atoms with Crippen molar-refractivity contribution in [1.82, 2.24) is 0 Å². The second-order valence-corrected chi connectivity index (χ2v) is 0.224. The maximum absolute atomic E-state index is 8.25. The van der Waals surface area contributed by atoms with Crippen LogP contribution in [0.5, 0.6) is 0 Å². The summed E-state index contributed by atoms with van der Waals surface area (Å²) in [6.45, 7) is 0. The third-order valence-electron chi connectivity index (χ3n) is 0. The monoisotopic (exact) mass is 181 g/mol. The summed E-state index contributed by atoms with van der Waals surface area (Å²) in [6, 6.07) is 0. The second kappa shape index (κ2) is 8.97. The average molecular weight is 181 g/mol. The quantitative estimate of drug-likeness (QED) is 0.294. The van der Waals surface area contributed by atoms with Crippen LogP contribution in [0.2, 0.25) is 0 Å². The minimum atomic E-state index is -1.75. The van der Waals surface area contributed by atoms with E-state index in [4.69, 9.17) is 15.3 Å². The summed E-state index contributed by atoms with van der Waals surface area (Å²) in [5.74, 6) is 0. The summed E-state index contributed by atoms with van der Waals surface area (Å²) in [5, 5.41) is 14.8. The van der Waals surface area contributed by atoms with Gasteiger partial charge in [-0.2, -0.15) is 0 Å². The van der Waals surface area contributed by atoms with Crippen LogP contribution in [0.15, 0.2) is 0 Å². The van der Waals surface area contributed by atoms with E-state index in [1.54, 1.807) is 0 Å². The second-order valence-electron chi connectivity index (χ2n) is 0.224. The molecule has 0 atom stereocenters. The Morgan fingerprint density at radius 2 is 1.33 bits per heavy atom. The molecule has 4 nitrogen and oxygen atoms in total. The number of hydrogen-bond donors (Lipinski definition) is 0. The molecule has 0 aliphatic rings. The van der Waals surface area contributed by atoms with Gasteiger partial charge in [0.25, 0.3) is 0 Å². The molecule has 0 fully saturated rings. The van der Waals surface area contributed by atoms with Gasteiger partial charge in [-0.1, -0.05) is 0 Å². The van der Waals surface area contributed by atoms with Crippen molar-refractivity contribution >= 4 is 0 Å². The molecule has 0 aromatic heterocycles. The van der Waals surface area contributed by atoms with Crippen molar-refractivity contribution in [1.29, 1.82) is 0 Å². The molecule has 0 spiro atoms. The minimum Gasteiger partial charge on any atom is -0.356 e. The van der Waals surface area contributed by atoms with Crippen LogP contribution >= 0.6 is 0 Å². The summed E-state index contributed by atoms with van der Waals surface area (Å²) >= 11 is 0. The largest absolute Gasteiger partial charge is 0.356 e. The van der Waals surface area contributed by atoms with E-state index < -0.39 is 5.09 Å². The van der Waals surface area contributed by atoms with Gasteiger partial charge in [0.15, 0.2) is 0 Å². The summed E-state index contributed by atoms with van der Waals surface area (Å²) in [7, 11) is 0. The summed E-state index contributed by atoms with van der Waals surface area (Å²) in [4.78, 5) is 8.25. The molecule has 0 aliphatic carbocycles. The zero-order chi connectivity index (χ0) is 3.58. The van der Waals surface area contributed by atoms with Crippen molar-refractivity contribution in [3.8, 4) is 0 Å². The third-order valence-corrected chi connectivity index (χ3v) is 0. The predicted octanol–water partition coefficient (Wildman–Crippen LogP) is -0.244. The molecule has 43 valence electrons. The van der Waals surface area contributed by atoms with Gasteiger partial charge in [-0.15, -0.1) is 0 Å². The van der Waals surface area contributed by atoms with Crippen LogP contribution < -0.4 is 0 Å². The van der Waals surface area contributed by atoms with Gasteiger partial charge in [0, 0.05) is 34.1 Å². The summed E-state index contributed by atoms with van der Waals surface area (Å²) < 4.78 is 0. The predicted molar refractivity (Wildman–Crippen MR) is 10.4 cm³/mol. The van der Waals surface area contributed by atoms with Gasteiger partial charge in [-0.3, -0.25) is 0 Å². The third kappa shape index (κ3) is 779. The first-order chi connectivity index (χ1) is 1.73. The maximum atomic E-state index is 8.25. The van der Waals surface area contributed by atoms with Crippen LogP contribution in [0.25, 0.3) is 0 Å². The molecular formula is CuFeNO3-. The van der Waals surface area contributed by atoms with Crippen LogP contribution in [-0.4, -0.2) is 5.09 Å². The van der Waals surface area contributed by atoms with Gasteiger partial charge < -0.3 is 15.3 Å². The van der Waals surface area contributed by atoms with Crippen molar-refractivity contribution < 1.29 is 39.2 Å². The number of hydrogen-bond acceptors (Lipinski definition) is 3. The maximum Gasteiger partial charge on any atom is 0.0689 e. The Balaban J connectivity index is -0.0000000450. The van der Waals surface area contributed by atoms with Gasteiger partial charge in [0.1, 0.15) is 0 Å². The molecule has 0 aromatic carbocycles. The molecule has 0 aliphatic heterocycles. The summed E-state index contributed by atoms with van der Waals surface area (Å²) in [5.41, 5.74) is 0. The molecule has 0 rings (SSSR count). The van der Waals surface area contributed by atoms with Crippen molar-refractivity contribution in [2.24, 2.45) is 0 Å². The minimum absolute atomic E-state index is 0.